The lowest BCUT2D eigenvalue weighted by Crippen LogP contribution is -1.97. The maximum absolute atomic E-state index is 13.7. The molecule has 0 aliphatic carbocycles. The number of rotatable bonds is 3. The summed E-state index contributed by atoms with van der Waals surface area (Å²) in [7, 11) is 1.73. The van der Waals surface area contributed by atoms with Crippen molar-refractivity contribution in [1.29, 1.82) is 0 Å². The molecule has 1 aromatic carbocycles. The van der Waals surface area contributed by atoms with Gasteiger partial charge in [0.25, 0.3) is 0 Å². The van der Waals surface area contributed by atoms with Crippen molar-refractivity contribution in [3.63, 3.8) is 0 Å². The van der Waals surface area contributed by atoms with Crippen molar-refractivity contribution in [2.24, 2.45) is 0 Å². The molecule has 4 nitrogen and oxygen atoms in total. The molecule has 0 aliphatic rings. The number of nitrogens with one attached hydrogen (secondary N) is 1. The van der Waals surface area contributed by atoms with Gasteiger partial charge in [-0.25, -0.2) is 9.37 Å². The Morgan fingerprint density at radius 3 is 2.72 bits per heavy atom. The van der Waals surface area contributed by atoms with Gasteiger partial charge in [-0.05, 0) is 25.1 Å². The minimum absolute atomic E-state index is 0.155. The minimum atomic E-state index is -0.434. The summed E-state index contributed by atoms with van der Waals surface area (Å²) in [5.74, 6) is 0.595. The number of aromatic nitrogens is 1. The Morgan fingerprint density at radius 2 is 2.06 bits per heavy atom. The Hall–Kier alpha value is -2.30. The number of nitrogen functional groups attached to an aromatic ring is 1. The fraction of sp³-hybridized carbons (Fsp3) is 0.154. The van der Waals surface area contributed by atoms with Crippen LogP contribution in [0.15, 0.2) is 30.5 Å². The van der Waals surface area contributed by atoms with Gasteiger partial charge in [0.05, 0.1) is 0 Å². The number of nitrogens with zero attached hydrogens (tertiary/aromatic N) is 1. The zero-order chi connectivity index (χ0) is 13.1. The lowest BCUT2D eigenvalue weighted by atomic mass is 10.2. The highest BCUT2D eigenvalue weighted by Gasteiger charge is 2.09. The molecule has 18 heavy (non-hydrogen) atoms. The van der Waals surface area contributed by atoms with Crippen LogP contribution in [0.25, 0.3) is 0 Å². The molecule has 0 spiro atoms. The van der Waals surface area contributed by atoms with E-state index in [2.05, 4.69) is 10.3 Å². The molecule has 94 valence electrons. The van der Waals surface area contributed by atoms with Crippen LogP contribution in [-0.2, 0) is 0 Å². The van der Waals surface area contributed by atoms with Crippen molar-refractivity contribution in [3.8, 4) is 11.5 Å². The van der Waals surface area contributed by atoms with E-state index in [0.29, 0.717) is 22.8 Å². The third-order valence-electron chi connectivity index (χ3n) is 2.63. The van der Waals surface area contributed by atoms with Gasteiger partial charge in [-0.15, -0.1) is 0 Å². The van der Waals surface area contributed by atoms with Crippen molar-refractivity contribution < 1.29 is 9.13 Å². The topological polar surface area (TPSA) is 60.2 Å². The summed E-state index contributed by atoms with van der Waals surface area (Å²) in [6.07, 6.45) is 1.53. The van der Waals surface area contributed by atoms with E-state index in [1.165, 1.54) is 12.3 Å². The number of pyridine rings is 1. The van der Waals surface area contributed by atoms with Crippen LogP contribution in [0, 0.1) is 12.7 Å². The van der Waals surface area contributed by atoms with E-state index in [0.717, 1.165) is 0 Å². The molecule has 5 heteroatoms. The van der Waals surface area contributed by atoms with Gasteiger partial charge in [0.15, 0.2) is 11.6 Å². The van der Waals surface area contributed by atoms with Crippen LogP contribution in [-0.4, -0.2) is 12.0 Å². The SMILES string of the molecule is CNc1ccc(Oc2ccnc(N)c2C)c(F)c1. The van der Waals surface area contributed by atoms with E-state index in [-0.39, 0.29) is 5.75 Å². The van der Waals surface area contributed by atoms with Crippen molar-refractivity contribution in [3.05, 3.63) is 41.8 Å². The van der Waals surface area contributed by atoms with Gasteiger partial charge in [0.2, 0.25) is 0 Å². The van der Waals surface area contributed by atoms with E-state index < -0.39 is 5.82 Å². The number of hydrogen-bond donors (Lipinski definition) is 2. The Morgan fingerprint density at radius 1 is 1.28 bits per heavy atom. The molecule has 2 rings (SSSR count). The second kappa shape index (κ2) is 4.91. The molecule has 0 saturated heterocycles. The third-order valence-corrected chi connectivity index (χ3v) is 2.63. The summed E-state index contributed by atoms with van der Waals surface area (Å²) in [4.78, 5) is 3.92. The summed E-state index contributed by atoms with van der Waals surface area (Å²) in [6, 6.07) is 6.32. The predicted molar refractivity (Wildman–Crippen MR) is 69.4 cm³/mol. The zero-order valence-electron chi connectivity index (χ0n) is 10.2. The number of halogens is 1. The van der Waals surface area contributed by atoms with E-state index in [1.54, 1.807) is 32.2 Å². The molecule has 0 atom stereocenters. The van der Waals surface area contributed by atoms with E-state index in [9.17, 15) is 4.39 Å². The molecule has 0 saturated carbocycles. The molecule has 0 amide bonds. The van der Waals surface area contributed by atoms with Gasteiger partial charge in [-0.1, -0.05) is 0 Å². The molecule has 2 aromatic rings. The van der Waals surface area contributed by atoms with Gasteiger partial charge in [0, 0.05) is 30.6 Å². The normalized spacial score (nSPS) is 10.2. The summed E-state index contributed by atoms with van der Waals surface area (Å²) in [6.45, 7) is 1.78. The van der Waals surface area contributed by atoms with Crippen molar-refractivity contribution in [2.45, 2.75) is 6.92 Å². The van der Waals surface area contributed by atoms with Crippen LogP contribution >= 0.6 is 0 Å². The predicted octanol–water partition coefficient (Wildman–Crippen LogP) is 2.95. The van der Waals surface area contributed by atoms with Crippen LogP contribution in [0.2, 0.25) is 0 Å². The summed E-state index contributed by atoms with van der Waals surface area (Å²) in [5.41, 5.74) is 7.04. The second-order valence-corrected chi connectivity index (χ2v) is 3.82. The fourth-order valence-corrected chi connectivity index (χ4v) is 1.50. The Labute approximate surface area is 105 Å². The Kier molecular flexibility index (Phi) is 3.32. The molecule has 0 fully saturated rings. The Bertz CT molecular complexity index is 572. The van der Waals surface area contributed by atoms with E-state index in [1.807, 2.05) is 0 Å². The quantitative estimate of drug-likeness (QED) is 0.875. The third kappa shape index (κ3) is 2.34. The van der Waals surface area contributed by atoms with Gasteiger partial charge in [-0.3, -0.25) is 0 Å². The molecule has 0 bridgehead atoms. The zero-order valence-corrected chi connectivity index (χ0v) is 10.2. The van der Waals surface area contributed by atoms with Gasteiger partial charge < -0.3 is 15.8 Å². The highest BCUT2D eigenvalue weighted by Crippen LogP contribution is 2.29. The molecular formula is C13H14FN3O. The van der Waals surface area contributed by atoms with Gasteiger partial charge >= 0.3 is 0 Å². The smallest absolute Gasteiger partial charge is 0.167 e. The fourth-order valence-electron chi connectivity index (χ4n) is 1.50. The van der Waals surface area contributed by atoms with Crippen molar-refractivity contribution in [1.82, 2.24) is 4.98 Å². The number of benzene rings is 1. The van der Waals surface area contributed by atoms with Crippen LogP contribution in [0.5, 0.6) is 11.5 Å². The number of hydrogen-bond acceptors (Lipinski definition) is 4. The molecule has 3 N–H and O–H groups in total. The van der Waals surface area contributed by atoms with Crippen molar-refractivity contribution in [2.75, 3.05) is 18.1 Å². The molecule has 0 radical (unpaired) electrons. The minimum Gasteiger partial charge on any atom is -0.454 e. The monoisotopic (exact) mass is 247 g/mol. The van der Waals surface area contributed by atoms with Crippen LogP contribution in [0.1, 0.15) is 5.56 Å². The first kappa shape index (κ1) is 12.2. The van der Waals surface area contributed by atoms with Crippen LogP contribution in [0.4, 0.5) is 15.9 Å². The Balaban J connectivity index is 2.31. The number of nitrogens with two attached hydrogens (primary N) is 1. The molecule has 0 unspecified atom stereocenters. The summed E-state index contributed by atoms with van der Waals surface area (Å²) >= 11 is 0. The standard InChI is InChI=1S/C13H14FN3O/c1-8-11(5-6-17-13(8)15)18-12-4-3-9(16-2)7-10(12)14/h3-7,16H,1-2H3,(H2,15,17). The summed E-state index contributed by atoms with van der Waals surface area (Å²) < 4.78 is 19.2. The average Bonchev–Trinajstić information content (AvgIpc) is 2.37. The lowest BCUT2D eigenvalue weighted by Gasteiger charge is -2.11. The largest absolute Gasteiger partial charge is 0.454 e. The molecular weight excluding hydrogens is 233 g/mol. The number of ether oxygens (including phenoxy) is 1. The molecule has 1 aromatic heterocycles. The lowest BCUT2D eigenvalue weighted by molar-refractivity contribution is 0.439. The summed E-state index contributed by atoms with van der Waals surface area (Å²) in [5, 5.41) is 2.85. The molecule has 1 heterocycles. The first-order chi connectivity index (χ1) is 8.61. The first-order valence-electron chi connectivity index (χ1n) is 5.48. The van der Waals surface area contributed by atoms with Crippen LogP contribution in [0.3, 0.4) is 0 Å². The van der Waals surface area contributed by atoms with Crippen molar-refractivity contribution >= 4 is 11.5 Å². The number of anilines is 2. The van der Waals surface area contributed by atoms with E-state index in [4.69, 9.17) is 10.5 Å². The van der Waals surface area contributed by atoms with E-state index >= 15 is 0 Å². The average molecular weight is 247 g/mol. The second-order valence-electron chi connectivity index (χ2n) is 3.82. The highest BCUT2D eigenvalue weighted by molar-refractivity contribution is 5.51. The maximum atomic E-state index is 13.7. The van der Waals surface area contributed by atoms with Gasteiger partial charge in [0.1, 0.15) is 11.6 Å². The highest BCUT2D eigenvalue weighted by atomic mass is 19.1. The molecule has 0 aliphatic heterocycles. The van der Waals surface area contributed by atoms with Gasteiger partial charge in [-0.2, -0.15) is 0 Å². The van der Waals surface area contributed by atoms with Crippen LogP contribution < -0.4 is 15.8 Å². The first-order valence-corrected chi connectivity index (χ1v) is 5.48. The maximum Gasteiger partial charge on any atom is 0.167 e.